The van der Waals surface area contributed by atoms with Crippen molar-refractivity contribution in [3.63, 3.8) is 0 Å². The van der Waals surface area contributed by atoms with Crippen molar-refractivity contribution in [3.05, 3.63) is 40.2 Å². The van der Waals surface area contributed by atoms with E-state index in [1.165, 1.54) is 17.4 Å². The highest BCUT2D eigenvalue weighted by Crippen LogP contribution is 2.14. The number of halogens is 1. The molecule has 0 spiro atoms. The van der Waals surface area contributed by atoms with Gasteiger partial charge >= 0.3 is 0 Å². The molecule has 2 heterocycles. The van der Waals surface area contributed by atoms with E-state index in [0.717, 1.165) is 17.6 Å². The standard InChI is InChI=1S/C13H15FN4OS/c1-2-3-16-12-10(6-9(14)7-17-12)13(19)18-8-11-15-4-5-20-11/h4-7H,2-3,8H2,1H3,(H,16,17)(H,18,19). The smallest absolute Gasteiger partial charge is 0.255 e. The van der Waals surface area contributed by atoms with Gasteiger partial charge in [0.2, 0.25) is 0 Å². The number of nitrogens with one attached hydrogen (secondary N) is 2. The van der Waals surface area contributed by atoms with Gasteiger partial charge in [0.05, 0.1) is 18.3 Å². The van der Waals surface area contributed by atoms with E-state index in [1.807, 2.05) is 12.3 Å². The number of carbonyl (C=O) groups excluding carboxylic acids is 1. The highest BCUT2D eigenvalue weighted by Gasteiger charge is 2.14. The molecule has 1 amide bonds. The van der Waals surface area contributed by atoms with Crippen LogP contribution in [-0.2, 0) is 6.54 Å². The Kier molecular flexibility index (Phi) is 5.00. The van der Waals surface area contributed by atoms with Crippen molar-refractivity contribution in [2.24, 2.45) is 0 Å². The molecule has 0 bridgehead atoms. The van der Waals surface area contributed by atoms with Crippen LogP contribution in [0.25, 0.3) is 0 Å². The van der Waals surface area contributed by atoms with Crippen LogP contribution in [0.1, 0.15) is 28.7 Å². The van der Waals surface area contributed by atoms with Gasteiger partial charge in [0.1, 0.15) is 16.6 Å². The molecular formula is C13H15FN4OS. The molecule has 0 atom stereocenters. The van der Waals surface area contributed by atoms with Crippen LogP contribution in [0.2, 0.25) is 0 Å². The van der Waals surface area contributed by atoms with Crippen molar-refractivity contribution < 1.29 is 9.18 Å². The predicted octanol–water partition coefficient (Wildman–Crippen LogP) is 2.43. The quantitative estimate of drug-likeness (QED) is 0.858. The second-order valence-corrected chi connectivity index (χ2v) is 5.06. The molecule has 5 nitrogen and oxygen atoms in total. The molecule has 0 aliphatic heterocycles. The third-order valence-electron chi connectivity index (χ3n) is 2.53. The molecule has 0 aliphatic rings. The summed E-state index contributed by atoms with van der Waals surface area (Å²) in [5, 5.41) is 8.35. The zero-order chi connectivity index (χ0) is 14.4. The number of amides is 1. The molecule has 20 heavy (non-hydrogen) atoms. The highest BCUT2D eigenvalue weighted by atomic mass is 32.1. The fourth-order valence-corrected chi connectivity index (χ4v) is 2.14. The van der Waals surface area contributed by atoms with Gasteiger partial charge in [-0.1, -0.05) is 6.92 Å². The fraction of sp³-hybridized carbons (Fsp3) is 0.308. The Morgan fingerprint density at radius 2 is 2.30 bits per heavy atom. The van der Waals surface area contributed by atoms with Crippen LogP contribution in [0, 0.1) is 5.82 Å². The van der Waals surface area contributed by atoms with Crippen LogP contribution in [0.5, 0.6) is 0 Å². The first-order chi connectivity index (χ1) is 9.70. The number of pyridine rings is 1. The molecule has 106 valence electrons. The maximum absolute atomic E-state index is 13.3. The molecule has 0 unspecified atom stereocenters. The van der Waals surface area contributed by atoms with E-state index in [-0.39, 0.29) is 11.5 Å². The topological polar surface area (TPSA) is 66.9 Å². The lowest BCUT2D eigenvalue weighted by atomic mass is 10.2. The Labute approximate surface area is 120 Å². The van der Waals surface area contributed by atoms with E-state index in [0.29, 0.717) is 18.9 Å². The molecule has 0 saturated heterocycles. The zero-order valence-electron chi connectivity index (χ0n) is 11.0. The highest BCUT2D eigenvalue weighted by molar-refractivity contribution is 7.09. The molecule has 0 fully saturated rings. The maximum atomic E-state index is 13.3. The summed E-state index contributed by atoms with van der Waals surface area (Å²) in [6.07, 6.45) is 3.65. The summed E-state index contributed by atoms with van der Waals surface area (Å²) in [7, 11) is 0. The van der Waals surface area contributed by atoms with E-state index in [9.17, 15) is 9.18 Å². The van der Waals surface area contributed by atoms with E-state index >= 15 is 0 Å². The Balaban J connectivity index is 2.08. The first kappa shape index (κ1) is 14.4. The molecule has 7 heteroatoms. The first-order valence-electron chi connectivity index (χ1n) is 6.26. The molecule has 2 aromatic rings. The van der Waals surface area contributed by atoms with Gasteiger partial charge in [0.25, 0.3) is 5.91 Å². The minimum Gasteiger partial charge on any atom is -0.369 e. The second kappa shape index (κ2) is 6.95. The molecule has 2 N–H and O–H groups in total. The van der Waals surface area contributed by atoms with Gasteiger partial charge < -0.3 is 10.6 Å². The Morgan fingerprint density at radius 1 is 1.45 bits per heavy atom. The molecule has 0 aromatic carbocycles. The number of rotatable bonds is 6. The average Bonchev–Trinajstić information content (AvgIpc) is 2.96. The lowest BCUT2D eigenvalue weighted by molar-refractivity contribution is 0.0951. The Hall–Kier alpha value is -2.02. The predicted molar refractivity (Wildman–Crippen MR) is 76.3 cm³/mol. The Morgan fingerprint density at radius 3 is 3.00 bits per heavy atom. The number of hydrogen-bond acceptors (Lipinski definition) is 5. The van der Waals surface area contributed by atoms with Gasteiger partial charge in [0.15, 0.2) is 0 Å². The van der Waals surface area contributed by atoms with Gasteiger partial charge in [-0.3, -0.25) is 4.79 Å². The van der Waals surface area contributed by atoms with Crippen molar-refractivity contribution in [3.8, 4) is 0 Å². The summed E-state index contributed by atoms with van der Waals surface area (Å²) in [4.78, 5) is 20.1. The number of hydrogen-bond donors (Lipinski definition) is 2. The summed E-state index contributed by atoms with van der Waals surface area (Å²) in [6.45, 7) is 2.99. The summed E-state index contributed by atoms with van der Waals surface area (Å²) < 4.78 is 13.3. The average molecular weight is 294 g/mol. The number of thiazole rings is 1. The molecule has 0 radical (unpaired) electrons. The van der Waals surface area contributed by atoms with Crippen LogP contribution >= 0.6 is 11.3 Å². The number of anilines is 1. The number of nitrogens with zero attached hydrogens (tertiary/aromatic N) is 2. The zero-order valence-corrected chi connectivity index (χ0v) is 11.8. The van der Waals surface area contributed by atoms with Crippen molar-refractivity contribution in [2.75, 3.05) is 11.9 Å². The van der Waals surface area contributed by atoms with Crippen molar-refractivity contribution in [2.45, 2.75) is 19.9 Å². The third-order valence-corrected chi connectivity index (χ3v) is 3.30. The first-order valence-corrected chi connectivity index (χ1v) is 7.14. The van der Waals surface area contributed by atoms with E-state index in [2.05, 4.69) is 20.6 Å². The van der Waals surface area contributed by atoms with Crippen LogP contribution in [0.3, 0.4) is 0 Å². The molecular weight excluding hydrogens is 279 g/mol. The third kappa shape index (κ3) is 3.74. The summed E-state index contributed by atoms with van der Waals surface area (Å²) in [6, 6.07) is 1.18. The second-order valence-electron chi connectivity index (χ2n) is 4.09. The van der Waals surface area contributed by atoms with E-state index < -0.39 is 5.82 Å². The van der Waals surface area contributed by atoms with Gasteiger partial charge in [-0.15, -0.1) is 11.3 Å². The lowest BCUT2D eigenvalue weighted by Gasteiger charge is -2.10. The summed E-state index contributed by atoms with van der Waals surface area (Å²) in [5.41, 5.74) is 0.204. The monoisotopic (exact) mass is 294 g/mol. The number of aromatic nitrogens is 2. The normalized spacial score (nSPS) is 10.3. The molecule has 0 saturated carbocycles. The van der Waals surface area contributed by atoms with Crippen molar-refractivity contribution in [1.82, 2.24) is 15.3 Å². The lowest BCUT2D eigenvalue weighted by Crippen LogP contribution is -2.24. The van der Waals surface area contributed by atoms with Crippen LogP contribution < -0.4 is 10.6 Å². The molecule has 2 aromatic heterocycles. The molecule has 0 aliphatic carbocycles. The Bertz CT molecular complexity index is 574. The van der Waals surface area contributed by atoms with Crippen LogP contribution in [-0.4, -0.2) is 22.4 Å². The van der Waals surface area contributed by atoms with Gasteiger partial charge in [-0.05, 0) is 12.5 Å². The van der Waals surface area contributed by atoms with Crippen LogP contribution in [0.4, 0.5) is 10.2 Å². The summed E-state index contributed by atoms with van der Waals surface area (Å²) in [5.74, 6) is -0.512. The maximum Gasteiger partial charge on any atom is 0.255 e. The van der Waals surface area contributed by atoms with Gasteiger partial charge in [0, 0.05) is 18.1 Å². The molecule has 2 rings (SSSR count). The van der Waals surface area contributed by atoms with Gasteiger partial charge in [-0.2, -0.15) is 0 Å². The number of carbonyl (C=O) groups is 1. The minimum absolute atomic E-state index is 0.204. The fourth-order valence-electron chi connectivity index (χ4n) is 1.59. The van der Waals surface area contributed by atoms with Crippen LogP contribution in [0.15, 0.2) is 23.8 Å². The van der Waals surface area contributed by atoms with Gasteiger partial charge in [-0.25, -0.2) is 14.4 Å². The largest absolute Gasteiger partial charge is 0.369 e. The van der Waals surface area contributed by atoms with E-state index in [4.69, 9.17) is 0 Å². The van der Waals surface area contributed by atoms with Crippen molar-refractivity contribution >= 4 is 23.1 Å². The SMILES string of the molecule is CCCNc1ncc(F)cc1C(=O)NCc1nccs1. The van der Waals surface area contributed by atoms with E-state index in [1.54, 1.807) is 6.20 Å². The summed E-state index contributed by atoms with van der Waals surface area (Å²) >= 11 is 1.45. The minimum atomic E-state index is -0.536. The van der Waals surface area contributed by atoms with Crippen molar-refractivity contribution in [1.29, 1.82) is 0 Å².